The van der Waals surface area contributed by atoms with Crippen LogP contribution in [0.25, 0.3) is 0 Å². The SMILES string of the molecule is CC1(C)CC(N)c2cc(C3CCCCC3)ccc21. The molecule has 0 aromatic heterocycles. The maximum atomic E-state index is 6.32. The lowest BCUT2D eigenvalue weighted by molar-refractivity contribution is 0.443. The van der Waals surface area contributed by atoms with Crippen molar-refractivity contribution in [2.45, 2.75) is 69.7 Å². The van der Waals surface area contributed by atoms with E-state index in [0.29, 0.717) is 0 Å². The first kappa shape index (κ1) is 12.2. The summed E-state index contributed by atoms with van der Waals surface area (Å²) in [4.78, 5) is 0. The summed E-state index contributed by atoms with van der Waals surface area (Å²) < 4.78 is 0. The zero-order valence-corrected chi connectivity index (χ0v) is 11.7. The van der Waals surface area contributed by atoms with Gasteiger partial charge in [-0.25, -0.2) is 0 Å². The minimum absolute atomic E-state index is 0.249. The van der Waals surface area contributed by atoms with Gasteiger partial charge in [-0.1, -0.05) is 51.3 Å². The molecule has 3 rings (SSSR count). The van der Waals surface area contributed by atoms with Gasteiger partial charge in [0.25, 0.3) is 0 Å². The molecular formula is C17H25N. The summed E-state index contributed by atoms with van der Waals surface area (Å²) >= 11 is 0. The van der Waals surface area contributed by atoms with Crippen molar-refractivity contribution in [2.75, 3.05) is 0 Å². The fourth-order valence-corrected chi connectivity index (χ4v) is 3.96. The molecule has 0 amide bonds. The summed E-state index contributed by atoms with van der Waals surface area (Å²) in [6.45, 7) is 4.64. The molecule has 98 valence electrons. The number of nitrogens with two attached hydrogens (primary N) is 1. The Balaban J connectivity index is 1.94. The summed E-state index contributed by atoms with van der Waals surface area (Å²) in [6.07, 6.45) is 8.07. The molecule has 2 aliphatic rings. The van der Waals surface area contributed by atoms with Crippen molar-refractivity contribution in [1.82, 2.24) is 0 Å². The fourth-order valence-electron chi connectivity index (χ4n) is 3.96. The summed E-state index contributed by atoms with van der Waals surface area (Å²) in [5.41, 5.74) is 11.0. The third kappa shape index (κ3) is 1.99. The molecule has 1 heteroatoms. The molecule has 0 spiro atoms. The third-order valence-corrected chi connectivity index (χ3v) is 5.01. The van der Waals surface area contributed by atoms with Crippen LogP contribution in [0.3, 0.4) is 0 Å². The zero-order chi connectivity index (χ0) is 12.8. The Hall–Kier alpha value is -0.820. The van der Waals surface area contributed by atoms with Crippen LogP contribution in [0.4, 0.5) is 0 Å². The van der Waals surface area contributed by atoms with Crippen LogP contribution in [-0.4, -0.2) is 0 Å². The van der Waals surface area contributed by atoms with E-state index in [2.05, 4.69) is 32.0 Å². The number of benzene rings is 1. The van der Waals surface area contributed by atoms with Crippen LogP contribution in [0.15, 0.2) is 18.2 Å². The Morgan fingerprint density at radius 3 is 2.56 bits per heavy atom. The molecule has 0 heterocycles. The monoisotopic (exact) mass is 243 g/mol. The Morgan fingerprint density at radius 1 is 1.11 bits per heavy atom. The highest BCUT2D eigenvalue weighted by molar-refractivity contribution is 5.44. The van der Waals surface area contributed by atoms with E-state index in [0.717, 1.165) is 12.3 Å². The van der Waals surface area contributed by atoms with Crippen molar-refractivity contribution in [2.24, 2.45) is 5.73 Å². The first-order valence-electron chi connectivity index (χ1n) is 7.48. The molecule has 2 aliphatic carbocycles. The molecule has 18 heavy (non-hydrogen) atoms. The summed E-state index contributed by atoms with van der Waals surface area (Å²) in [5, 5.41) is 0. The molecule has 1 aromatic carbocycles. The molecule has 0 radical (unpaired) electrons. The van der Waals surface area contributed by atoms with Crippen LogP contribution in [0.5, 0.6) is 0 Å². The van der Waals surface area contributed by atoms with E-state index >= 15 is 0 Å². The predicted molar refractivity (Wildman–Crippen MR) is 76.8 cm³/mol. The van der Waals surface area contributed by atoms with E-state index in [1.54, 1.807) is 5.56 Å². The second-order valence-corrected chi connectivity index (χ2v) is 6.88. The van der Waals surface area contributed by atoms with Gasteiger partial charge >= 0.3 is 0 Å². The molecule has 1 nitrogen and oxygen atoms in total. The van der Waals surface area contributed by atoms with Crippen molar-refractivity contribution in [3.05, 3.63) is 34.9 Å². The quantitative estimate of drug-likeness (QED) is 0.776. The zero-order valence-electron chi connectivity index (χ0n) is 11.7. The Kier molecular flexibility index (Phi) is 2.97. The lowest BCUT2D eigenvalue weighted by Gasteiger charge is -2.24. The second kappa shape index (κ2) is 4.38. The van der Waals surface area contributed by atoms with Crippen molar-refractivity contribution in [3.63, 3.8) is 0 Å². The van der Waals surface area contributed by atoms with E-state index in [9.17, 15) is 0 Å². The minimum atomic E-state index is 0.249. The second-order valence-electron chi connectivity index (χ2n) is 6.88. The van der Waals surface area contributed by atoms with Crippen LogP contribution >= 0.6 is 0 Å². The Bertz CT molecular complexity index is 441. The molecule has 1 saturated carbocycles. The van der Waals surface area contributed by atoms with Gasteiger partial charge < -0.3 is 5.73 Å². The first-order chi connectivity index (χ1) is 8.58. The van der Waals surface area contributed by atoms with Crippen LogP contribution in [0, 0.1) is 0 Å². The van der Waals surface area contributed by atoms with Crippen LogP contribution < -0.4 is 5.73 Å². The predicted octanol–water partition coefficient (Wildman–Crippen LogP) is 4.42. The van der Waals surface area contributed by atoms with E-state index in [4.69, 9.17) is 5.73 Å². The number of hydrogen-bond acceptors (Lipinski definition) is 1. The highest BCUT2D eigenvalue weighted by Crippen LogP contribution is 2.45. The van der Waals surface area contributed by atoms with E-state index in [1.807, 2.05) is 0 Å². The molecular weight excluding hydrogens is 218 g/mol. The maximum Gasteiger partial charge on any atom is 0.0306 e. The first-order valence-corrected chi connectivity index (χ1v) is 7.48. The van der Waals surface area contributed by atoms with Gasteiger partial charge in [0.1, 0.15) is 0 Å². The highest BCUT2D eigenvalue weighted by Gasteiger charge is 2.35. The van der Waals surface area contributed by atoms with Crippen LogP contribution in [-0.2, 0) is 5.41 Å². The topological polar surface area (TPSA) is 26.0 Å². The third-order valence-electron chi connectivity index (χ3n) is 5.01. The minimum Gasteiger partial charge on any atom is -0.324 e. The lowest BCUT2D eigenvalue weighted by Crippen LogP contribution is -2.14. The molecule has 0 bridgehead atoms. The highest BCUT2D eigenvalue weighted by atomic mass is 14.7. The number of fused-ring (bicyclic) bond motifs is 1. The van der Waals surface area contributed by atoms with Crippen molar-refractivity contribution in [3.8, 4) is 0 Å². The van der Waals surface area contributed by atoms with E-state index in [1.165, 1.54) is 43.2 Å². The molecule has 1 fully saturated rings. The normalized spacial score (nSPS) is 27.2. The summed E-state index contributed by atoms with van der Waals surface area (Å²) in [6, 6.07) is 7.39. The average molecular weight is 243 g/mol. The van der Waals surface area contributed by atoms with Gasteiger partial charge in [0.15, 0.2) is 0 Å². The molecule has 0 saturated heterocycles. The molecule has 2 N–H and O–H groups in total. The average Bonchev–Trinajstić information content (AvgIpc) is 2.61. The Morgan fingerprint density at radius 2 is 1.83 bits per heavy atom. The van der Waals surface area contributed by atoms with E-state index < -0.39 is 0 Å². The molecule has 1 aromatic rings. The van der Waals surface area contributed by atoms with Crippen molar-refractivity contribution < 1.29 is 0 Å². The number of hydrogen-bond donors (Lipinski definition) is 1. The van der Waals surface area contributed by atoms with Crippen molar-refractivity contribution >= 4 is 0 Å². The van der Waals surface area contributed by atoms with Gasteiger partial charge in [-0.15, -0.1) is 0 Å². The van der Waals surface area contributed by atoms with Crippen molar-refractivity contribution in [1.29, 1.82) is 0 Å². The number of rotatable bonds is 1. The van der Waals surface area contributed by atoms with Gasteiger partial charge in [-0.3, -0.25) is 0 Å². The summed E-state index contributed by atoms with van der Waals surface area (Å²) in [7, 11) is 0. The van der Waals surface area contributed by atoms with E-state index in [-0.39, 0.29) is 11.5 Å². The van der Waals surface area contributed by atoms with Crippen LogP contribution in [0.1, 0.15) is 81.0 Å². The van der Waals surface area contributed by atoms with Gasteiger partial charge in [0.05, 0.1) is 0 Å². The summed E-state index contributed by atoms with van der Waals surface area (Å²) in [5.74, 6) is 0.792. The standard InChI is InChI=1S/C17H25N/c1-17(2)11-16(18)14-10-13(8-9-15(14)17)12-6-4-3-5-7-12/h8-10,12,16H,3-7,11,18H2,1-2H3. The molecule has 1 atom stereocenters. The molecule has 0 aliphatic heterocycles. The van der Waals surface area contributed by atoms with Gasteiger partial charge in [-0.05, 0) is 47.3 Å². The van der Waals surface area contributed by atoms with Gasteiger partial charge in [0.2, 0.25) is 0 Å². The van der Waals surface area contributed by atoms with Gasteiger partial charge in [-0.2, -0.15) is 0 Å². The largest absolute Gasteiger partial charge is 0.324 e. The Labute approximate surface area is 111 Å². The smallest absolute Gasteiger partial charge is 0.0306 e. The molecule has 1 unspecified atom stereocenters. The maximum absolute atomic E-state index is 6.32. The van der Waals surface area contributed by atoms with Gasteiger partial charge in [0, 0.05) is 6.04 Å². The van der Waals surface area contributed by atoms with Crippen LogP contribution in [0.2, 0.25) is 0 Å². The fraction of sp³-hybridized carbons (Fsp3) is 0.647. The lowest BCUT2D eigenvalue weighted by atomic mass is 9.81.